The SMILES string of the molecule is C=C/C=C/c1cc(OC)c(OC)cc1C=O. The molecule has 0 spiro atoms. The van der Waals surface area contributed by atoms with Crippen molar-refractivity contribution in [1.29, 1.82) is 0 Å². The van der Waals surface area contributed by atoms with Crippen LogP contribution in [0.5, 0.6) is 11.5 Å². The quantitative estimate of drug-likeness (QED) is 0.563. The number of ether oxygens (including phenoxy) is 2. The minimum Gasteiger partial charge on any atom is -0.493 e. The van der Waals surface area contributed by atoms with Crippen LogP contribution in [0.1, 0.15) is 15.9 Å². The summed E-state index contributed by atoms with van der Waals surface area (Å²) in [5.41, 5.74) is 1.32. The third-order valence-electron chi connectivity index (χ3n) is 2.13. The van der Waals surface area contributed by atoms with Crippen molar-refractivity contribution < 1.29 is 14.3 Å². The van der Waals surface area contributed by atoms with E-state index in [4.69, 9.17) is 9.47 Å². The van der Waals surface area contributed by atoms with Gasteiger partial charge in [-0.15, -0.1) is 0 Å². The average molecular weight is 218 g/mol. The van der Waals surface area contributed by atoms with Gasteiger partial charge in [0.1, 0.15) is 0 Å². The molecule has 0 aliphatic carbocycles. The van der Waals surface area contributed by atoms with E-state index in [9.17, 15) is 4.79 Å². The second-order valence-electron chi connectivity index (χ2n) is 3.05. The summed E-state index contributed by atoms with van der Waals surface area (Å²) in [7, 11) is 3.09. The fourth-order valence-corrected chi connectivity index (χ4v) is 1.33. The third-order valence-corrected chi connectivity index (χ3v) is 2.13. The Morgan fingerprint density at radius 2 is 1.69 bits per heavy atom. The van der Waals surface area contributed by atoms with Gasteiger partial charge in [0.15, 0.2) is 17.8 Å². The molecule has 0 saturated heterocycles. The highest BCUT2D eigenvalue weighted by Crippen LogP contribution is 2.30. The maximum absolute atomic E-state index is 10.9. The van der Waals surface area contributed by atoms with Gasteiger partial charge >= 0.3 is 0 Å². The van der Waals surface area contributed by atoms with Crippen molar-refractivity contribution in [3.05, 3.63) is 42.0 Å². The van der Waals surface area contributed by atoms with Gasteiger partial charge in [0.2, 0.25) is 0 Å². The number of carbonyl (C=O) groups excluding carboxylic acids is 1. The standard InChI is InChI=1S/C13H14O3/c1-4-5-6-10-7-12(15-2)13(16-3)8-11(10)9-14/h4-9H,1H2,2-3H3/b6-5+. The van der Waals surface area contributed by atoms with Crippen LogP contribution < -0.4 is 9.47 Å². The fraction of sp³-hybridized carbons (Fsp3) is 0.154. The van der Waals surface area contributed by atoms with Crippen LogP contribution in [0.3, 0.4) is 0 Å². The molecule has 0 aromatic heterocycles. The molecule has 0 aliphatic rings. The smallest absolute Gasteiger partial charge is 0.161 e. The molecule has 84 valence electrons. The third kappa shape index (κ3) is 2.51. The number of benzene rings is 1. The molecule has 0 N–H and O–H groups in total. The van der Waals surface area contributed by atoms with Gasteiger partial charge in [0.25, 0.3) is 0 Å². The summed E-state index contributed by atoms with van der Waals surface area (Å²) in [6.07, 6.45) is 5.98. The van der Waals surface area contributed by atoms with Crippen LogP contribution in [0.2, 0.25) is 0 Å². The van der Waals surface area contributed by atoms with Crippen LogP contribution in [0.4, 0.5) is 0 Å². The van der Waals surface area contributed by atoms with Gasteiger partial charge in [0, 0.05) is 5.56 Å². The predicted octanol–water partition coefficient (Wildman–Crippen LogP) is 2.72. The van der Waals surface area contributed by atoms with Gasteiger partial charge in [-0.05, 0) is 17.7 Å². The van der Waals surface area contributed by atoms with Crippen molar-refractivity contribution in [2.45, 2.75) is 0 Å². The summed E-state index contributed by atoms with van der Waals surface area (Å²) >= 11 is 0. The van der Waals surface area contributed by atoms with Crippen molar-refractivity contribution in [3.8, 4) is 11.5 Å². The largest absolute Gasteiger partial charge is 0.493 e. The van der Waals surface area contributed by atoms with Gasteiger partial charge < -0.3 is 9.47 Å². The maximum atomic E-state index is 10.9. The van der Waals surface area contributed by atoms with E-state index in [2.05, 4.69) is 6.58 Å². The molecule has 1 aromatic carbocycles. The van der Waals surface area contributed by atoms with Crippen LogP contribution in [0, 0.1) is 0 Å². The predicted molar refractivity (Wildman–Crippen MR) is 64.2 cm³/mol. The Labute approximate surface area is 95.0 Å². The Hall–Kier alpha value is -2.03. The molecule has 0 unspecified atom stereocenters. The highest BCUT2D eigenvalue weighted by Gasteiger charge is 2.08. The van der Waals surface area contributed by atoms with E-state index >= 15 is 0 Å². The summed E-state index contributed by atoms with van der Waals surface area (Å²) in [6.45, 7) is 3.58. The second-order valence-corrected chi connectivity index (χ2v) is 3.05. The van der Waals surface area contributed by atoms with Crippen molar-refractivity contribution in [2.24, 2.45) is 0 Å². The summed E-state index contributed by atoms with van der Waals surface area (Å²) in [5, 5.41) is 0. The molecule has 0 saturated carbocycles. The van der Waals surface area contributed by atoms with Gasteiger partial charge in [-0.1, -0.05) is 24.8 Å². The monoisotopic (exact) mass is 218 g/mol. The van der Waals surface area contributed by atoms with Crippen molar-refractivity contribution in [3.63, 3.8) is 0 Å². The Kier molecular flexibility index (Phi) is 4.33. The van der Waals surface area contributed by atoms with Crippen LogP contribution in [-0.4, -0.2) is 20.5 Å². The second kappa shape index (κ2) is 5.75. The Bertz CT molecular complexity index is 419. The van der Waals surface area contributed by atoms with E-state index in [1.807, 2.05) is 0 Å². The lowest BCUT2D eigenvalue weighted by atomic mass is 10.1. The van der Waals surface area contributed by atoms with Crippen LogP contribution in [0.25, 0.3) is 6.08 Å². The molecule has 0 aliphatic heterocycles. The van der Waals surface area contributed by atoms with Crippen molar-refractivity contribution in [1.82, 2.24) is 0 Å². The summed E-state index contributed by atoms with van der Waals surface area (Å²) < 4.78 is 10.3. The number of aldehydes is 1. The lowest BCUT2D eigenvalue weighted by Crippen LogP contribution is -1.94. The molecule has 1 aromatic rings. The van der Waals surface area contributed by atoms with E-state index in [0.717, 1.165) is 11.8 Å². The lowest BCUT2D eigenvalue weighted by Gasteiger charge is -2.09. The highest BCUT2D eigenvalue weighted by atomic mass is 16.5. The molecule has 1 rings (SSSR count). The average Bonchev–Trinajstić information content (AvgIpc) is 2.35. The molecule has 3 heteroatoms. The summed E-state index contributed by atoms with van der Waals surface area (Å²) in [4.78, 5) is 10.9. The van der Waals surface area contributed by atoms with E-state index in [1.165, 1.54) is 7.11 Å². The zero-order valence-corrected chi connectivity index (χ0v) is 9.40. The molecular weight excluding hydrogens is 204 g/mol. The minimum absolute atomic E-state index is 0.542. The van der Waals surface area contributed by atoms with E-state index < -0.39 is 0 Å². The highest BCUT2D eigenvalue weighted by molar-refractivity contribution is 5.83. The Morgan fingerprint density at radius 1 is 1.12 bits per heavy atom. The van der Waals surface area contributed by atoms with E-state index in [0.29, 0.717) is 17.1 Å². The van der Waals surface area contributed by atoms with Gasteiger partial charge in [-0.3, -0.25) is 4.79 Å². The molecular formula is C13H14O3. The molecule has 0 fully saturated rings. The fourth-order valence-electron chi connectivity index (χ4n) is 1.33. The lowest BCUT2D eigenvalue weighted by molar-refractivity contribution is 0.112. The van der Waals surface area contributed by atoms with Gasteiger partial charge in [-0.2, -0.15) is 0 Å². The summed E-state index contributed by atoms with van der Waals surface area (Å²) in [5.74, 6) is 1.14. The molecule has 0 bridgehead atoms. The first-order valence-electron chi connectivity index (χ1n) is 4.77. The molecule has 0 radical (unpaired) electrons. The van der Waals surface area contributed by atoms with E-state index in [1.54, 1.807) is 37.5 Å². The Balaban J connectivity index is 3.30. The number of methoxy groups -OCH3 is 2. The zero-order valence-electron chi connectivity index (χ0n) is 9.40. The number of allylic oxidation sites excluding steroid dienone is 2. The zero-order chi connectivity index (χ0) is 12.0. The number of carbonyl (C=O) groups is 1. The van der Waals surface area contributed by atoms with E-state index in [-0.39, 0.29) is 0 Å². The first kappa shape index (κ1) is 12.0. The first-order valence-corrected chi connectivity index (χ1v) is 4.77. The normalized spacial score (nSPS) is 10.1. The molecule has 0 atom stereocenters. The topological polar surface area (TPSA) is 35.5 Å². The van der Waals surface area contributed by atoms with Crippen molar-refractivity contribution in [2.75, 3.05) is 14.2 Å². The molecule has 0 heterocycles. The number of rotatable bonds is 5. The molecule has 0 amide bonds. The number of hydrogen-bond acceptors (Lipinski definition) is 3. The summed E-state index contributed by atoms with van der Waals surface area (Å²) in [6, 6.07) is 3.40. The minimum atomic E-state index is 0.542. The number of hydrogen-bond donors (Lipinski definition) is 0. The van der Waals surface area contributed by atoms with Crippen LogP contribution in [0.15, 0.2) is 30.9 Å². The van der Waals surface area contributed by atoms with Gasteiger partial charge in [-0.25, -0.2) is 0 Å². The van der Waals surface area contributed by atoms with Crippen LogP contribution in [-0.2, 0) is 0 Å². The molecule has 3 nitrogen and oxygen atoms in total. The maximum Gasteiger partial charge on any atom is 0.161 e. The first-order chi connectivity index (χ1) is 7.76. The van der Waals surface area contributed by atoms with Crippen molar-refractivity contribution >= 4 is 12.4 Å². The van der Waals surface area contributed by atoms with Crippen LogP contribution >= 0.6 is 0 Å². The Morgan fingerprint density at radius 3 is 2.12 bits per heavy atom. The van der Waals surface area contributed by atoms with Gasteiger partial charge in [0.05, 0.1) is 14.2 Å². The molecule has 16 heavy (non-hydrogen) atoms.